The minimum Gasteiger partial charge on any atom is -0.399 e. The number of nitro groups is 1. The molecule has 0 fully saturated rings. The molecule has 96 valence electrons. The summed E-state index contributed by atoms with van der Waals surface area (Å²) >= 11 is 0. The van der Waals surface area contributed by atoms with E-state index in [-0.39, 0.29) is 11.3 Å². The van der Waals surface area contributed by atoms with E-state index in [1.54, 1.807) is 0 Å². The van der Waals surface area contributed by atoms with Gasteiger partial charge in [0.1, 0.15) is 11.6 Å². The van der Waals surface area contributed by atoms with Gasteiger partial charge in [-0.15, -0.1) is 0 Å². The molecule has 8 nitrogen and oxygen atoms in total. The van der Waals surface area contributed by atoms with Gasteiger partial charge in [-0.1, -0.05) is 0 Å². The summed E-state index contributed by atoms with van der Waals surface area (Å²) in [6, 6.07) is 2.67. The molecule has 0 aromatic heterocycles. The largest absolute Gasteiger partial charge is 0.399 e. The molecule has 0 bridgehead atoms. The Kier molecular flexibility index (Phi) is 3.82. The number of nitrogens with two attached hydrogens (primary N) is 2. The topological polar surface area (TPSA) is 141 Å². The second-order valence-electron chi connectivity index (χ2n) is 3.63. The van der Waals surface area contributed by atoms with Crippen molar-refractivity contribution in [3.8, 4) is 0 Å². The smallest absolute Gasteiger partial charge is 0.282 e. The summed E-state index contributed by atoms with van der Waals surface area (Å²) in [5, 5.41) is 13.0. The quantitative estimate of drug-likeness (QED) is 0.386. The average Bonchev–Trinajstić information content (AvgIpc) is 2.28. The van der Waals surface area contributed by atoms with Crippen molar-refractivity contribution in [1.82, 2.24) is 5.32 Å². The Labute approximate surface area is 102 Å². The van der Waals surface area contributed by atoms with Gasteiger partial charge in [-0.3, -0.25) is 19.7 Å². The Morgan fingerprint density at radius 2 is 2.06 bits per heavy atom. The number of rotatable bonds is 4. The molecule has 1 rings (SSSR count). The molecule has 1 atom stereocenters. The first-order valence-electron chi connectivity index (χ1n) is 4.97. The predicted molar refractivity (Wildman–Crippen MR) is 63.6 cm³/mol. The van der Waals surface area contributed by atoms with E-state index in [4.69, 9.17) is 11.5 Å². The van der Waals surface area contributed by atoms with Crippen molar-refractivity contribution in [3.05, 3.63) is 33.9 Å². The summed E-state index contributed by atoms with van der Waals surface area (Å²) in [6.45, 7) is 1.37. The van der Waals surface area contributed by atoms with Crippen LogP contribution in [0.5, 0.6) is 0 Å². The van der Waals surface area contributed by atoms with E-state index in [0.717, 1.165) is 6.07 Å². The molecular weight excluding hydrogens is 240 g/mol. The Bertz CT molecular complexity index is 515. The van der Waals surface area contributed by atoms with E-state index >= 15 is 0 Å². The minimum absolute atomic E-state index is 0.206. The molecule has 0 aliphatic rings. The molecule has 0 saturated heterocycles. The summed E-state index contributed by atoms with van der Waals surface area (Å²) in [7, 11) is 0. The van der Waals surface area contributed by atoms with Gasteiger partial charge in [0.15, 0.2) is 0 Å². The maximum Gasteiger partial charge on any atom is 0.282 e. The molecule has 0 aliphatic carbocycles. The lowest BCUT2D eigenvalue weighted by atomic mass is 10.1. The molecule has 1 aromatic carbocycles. The lowest BCUT2D eigenvalue weighted by Crippen LogP contribution is -2.42. The summed E-state index contributed by atoms with van der Waals surface area (Å²) in [5.74, 6) is -1.52. The van der Waals surface area contributed by atoms with E-state index < -0.39 is 28.5 Å². The average molecular weight is 252 g/mol. The molecule has 5 N–H and O–H groups in total. The van der Waals surface area contributed by atoms with Crippen molar-refractivity contribution < 1.29 is 14.5 Å². The zero-order valence-electron chi connectivity index (χ0n) is 9.54. The van der Waals surface area contributed by atoms with Crippen molar-refractivity contribution in [2.24, 2.45) is 5.73 Å². The summed E-state index contributed by atoms with van der Waals surface area (Å²) in [6.07, 6.45) is 0. The third kappa shape index (κ3) is 2.94. The number of hydrogen-bond acceptors (Lipinski definition) is 5. The van der Waals surface area contributed by atoms with Crippen LogP contribution in [0.2, 0.25) is 0 Å². The first-order chi connectivity index (χ1) is 8.32. The van der Waals surface area contributed by atoms with E-state index in [0.29, 0.717) is 0 Å². The fraction of sp³-hybridized carbons (Fsp3) is 0.200. The van der Waals surface area contributed by atoms with Crippen molar-refractivity contribution in [1.29, 1.82) is 0 Å². The van der Waals surface area contributed by atoms with Crippen molar-refractivity contribution in [2.75, 3.05) is 5.73 Å². The van der Waals surface area contributed by atoms with Crippen molar-refractivity contribution in [3.63, 3.8) is 0 Å². The van der Waals surface area contributed by atoms with E-state index in [1.165, 1.54) is 19.1 Å². The summed E-state index contributed by atoms with van der Waals surface area (Å²) in [4.78, 5) is 32.6. The third-order valence-electron chi connectivity index (χ3n) is 2.24. The number of carbonyl (C=O) groups is 2. The van der Waals surface area contributed by atoms with Crippen LogP contribution in [0, 0.1) is 10.1 Å². The Balaban J connectivity index is 3.08. The summed E-state index contributed by atoms with van der Waals surface area (Å²) < 4.78 is 0. The van der Waals surface area contributed by atoms with Crippen LogP contribution in [-0.2, 0) is 4.79 Å². The zero-order valence-corrected chi connectivity index (χ0v) is 9.54. The first-order valence-corrected chi connectivity index (χ1v) is 4.97. The number of nitrogen functional groups attached to an aromatic ring is 1. The molecule has 1 aromatic rings. The van der Waals surface area contributed by atoms with Crippen LogP contribution >= 0.6 is 0 Å². The Morgan fingerprint density at radius 1 is 1.44 bits per heavy atom. The maximum absolute atomic E-state index is 11.8. The van der Waals surface area contributed by atoms with Crippen molar-refractivity contribution >= 4 is 23.2 Å². The Morgan fingerprint density at radius 3 is 2.56 bits per heavy atom. The van der Waals surface area contributed by atoms with Gasteiger partial charge in [0.25, 0.3) is 11.6 Å². The zero-order chi connectivity index (χ0) is 13.9. The van der Waals surface area contributed by atoms with Gasteiger partial charge in [-0.25, -0.2) is 0 Å². The van der Waals surface area contributed by atoms with E-state index in [2.05, 4.69) is 5.32 Å². The molecule has 2 amide bonds. The van der Waals surface area contributed by atoms with Crippen LogP contribution in [0.1, 0.15) is 17.3 Å². The number of nitrogens with one attached hydrogen (secondary N) is 1. The predicted octanol–water partition coefficient (Wildman–Crippen LogP) is -0.219. The molecular formula is C10H12N4O4. The molecule has 8 heteroatoms. The van der Waals surface area contributed by atoms with Gasteiger partial charge in [-0.05, 0) is 19.1 Å². The van der Waals surface area contributed by atoms with E-state index in [1.807, 2.05) is 0 Å². The maximum atomic E-state index is 11.8. The van der Waals surface area contributed by atoms with Gasteiger partial charge < -0.3 is 16.8 Å². The van der Waals surface area contributed by atoms with Crippen LogP contribution in [-0.4, -0.2) is 22.8 Å². The number of nitrogens with zero attached hydrogens (tertiary/aromatic N) is 1. The number of primary amides is 1. The number of amides is 2. The molecule has 0 radical (unpaired) electrons. The number of anilines is 1. The number of hydrogen-bond donors (Lipinski definition) is 3. The normalized spacial score (nSPS) is 11.6. The number of nitro benzene ring substituents is 1. The van der Waals surface area contributed by atoms with Crippen LogP contribution in [0.4, 0.5) is 11.4 Å². The molecule has 0 spiro atoms. The van der Waals surface area contributed by atoms with Gasteiger partial charge >= 0.3 is 0 Å². The van der Waals surface area contributed by atoms with Crippen LogP contribution < -0.4 is 16.8 Å². The lowest BCUT2D eigenvalue weighted by Gasteiger charge is -2.10. The third-order valence-corrected chi connectivity index (χ3v) is 2.24. The highest BCUT2D eigenvalue weighted by atomic mass is 16.6. The van der Waals surface area contributed by atoms with Crippen LogP contribution in [0.3, 0.4) is 0 Å². The number of benzene rings is 1. The highest BCUT2D eigenvalue weighted by Crippen LogP contribution is 2.21. The molecule has 1 unspecified atom stereocenters. The SMILES string of the molecule is CC(NC(=O)c1cc(N)ccc1[N+](=O)[O-])C(N)=O. The molecule has 18 heavy (non-hydrogen) atoms. The highest BCUT2D eigenvalue weighted by molar-refractivity contribution is 6.01. The fourth-order valence-electron chi connectivity index (χ4n) is 1.24. The monoisotopic (exact) mass is 252 g/mol. The number of carbonyl (C=O) groups excluding carboxylic acids is 2. The highest BCUT2D eigenvalue weighted by Gasteiger charge is 2.22. The van der Waals surface area contributed by atoms with Crippen LogP contribution in [0.25, 0.3) is 0 Å². The van der Waals surface area contributed by atoms with Gasteiger partial charge in [0.2, 0.25) is 5.91 Å². The van der Waals surface area contributed by atoms with Gasteiger partial charge in [0.05, 0.1) is 4.92 Å². The van der Waals surface area contributed by atoms with Crippen molar-refractivity contribution in [2.45, 2.75) is 13.0 Å². The fourth-order valence-corrected chi connectivity index (χ4v) is 1.24. The Hall–Kier alpha value is -2.64. The lowest BCUT2D eigenvalue weighted by molar-refractivity contribution is -0.385. The van der Waals surface area contributed by atoms with E-state index in [9.17, 15) is 19.7 Å². The second-order valence-corrected chi connectivity index (χ2v) is 3.63. The second kappa shape index (κ2) is 5.13. The molecule has 0 heterocycles. The summed E-state index contributed by atoms with van der Waals surface area (Å²) in [5.41, 5.74) is 10.0. The standard InChI is InChI=1S/C10H12N4O4/c1-5(9(12)15)13-10(16)7-4-6(11)2-3-8(7)14(17)18/h2-5H,11H2,1H3,(H2,12,15)(H,13,16). The van der Waals surface area contributed by atoms with Gasteiger partial charge in [0, 0.05) is 11.8 Å². The van der Waals surface area contributed by atoms with Gasteiger partial charge in [-0.2, -0.15) is 0 Å². The first kappa shape index (κ1) is 13.4. The molecule has 0 saturated carbocycles. The minimum atomic E-state index is -0.932. The molecule has 0 aliphatic heterocycles. The van der Waals surface area contributed by atoms with Crippen LogP contribution in [0.15, 0.2) is 18.2 Å².